The maximum Gasteiger partial charge on any atom is 0.255 e. The highest BCUT2D eigenvalue weighted by Gasteiger charge is 2.40. The van der Waals surface area contributed by atoms with Crippen LogP contribution in [-0.2, 0) is 16.1 Å². The average Bonchev–Trinajstić information content (AvgIpc) is 3.00. The third-order valence-corrected chi connectivity index (χ3v) is 8.35. The molecule has 6 rings (SSSR count). The second kappa shape index (κ2) is 9.69. The second-order valence-corrected chi connectivity index (χ2v) is 10.6. The van der Waals surface area contributed by atoms with Crippen LogP contribution in [-0.4, -0.2) is 58.8 Å². The molecule has 0 aromatic heterocycles. The molecule has 7 nitrogen and oxygen atoms in total. The van der Waals surface area contributed by atoms with Gasteiger partial charge in [0, 0.05) is 43.6 Å². The number of rotatable bonds is 5. The number of nitrogens with zero attached hydrogens (tertiary/aromatic N) is 2. The molecule has 2 aromatic rings. The highest BCUT2D eigenvalue weighted by molar-refractivity contribution is 6.05. The molecule has 3 aliphatic heterocycles. The maximum absolute atomic E-state index is 13.0. The van der Waals surface area contributed by atoms with E-state index in [-0.39, 0.29) is 30.2 Å². The Morgan fingerprint density at radius 1 is 0.889 bits per heavy atom. The first-order chi connectivity index (χ1) is 17.6. The molecule has 1 unspecified atom stereocenters. The first-order valence-corrected chi connectivity index (χ1v) is 13.3. The normalized spacial score (nSPS) is 27.3. The topological polar surface area (TPSA) is 79.0 Å². The number of nitrogens with one attached hydrogen (secondary N) is 1. The highest BCUT2D eigenvalue weighted by Crippen LogP contribution is 2.36. The van der Waals surface area contributed by atoms with Gasteiger partial charge in [-0.1, -0.05) is 43.2 Å². The lowest BCUT2D eigenvalue weighted by atomic mass is 9.88. The molecule has 3 fully saturated rings. The Balaban J connectivity index is 1.14. The van der Waals surface area contributed by atoms with Gasteiger partial charge in [0.15, 0.2) is 0 Å². The molecule has 188 valence electrons. The number of fused-ring (bicyclic) bond motifs is 1. The predicted octanol–water partition coefficient (Wildman–Crippen LogP) is 3.63. The van der Waals surface area contributed by atoms with Crippen LogP contribution in [0, 0.1) is 0 Å². The van der Waals surface area contributed by atoms with Crippen LogP contribution in [0.25, 0.3) is 0 Å². The van der Waals surface area contributed by atoms with Gasteiger partial charge in [0.05, 0.1) is 0 Å². The van der Waals surface area contributed by atoms with E-state index in [1.54, 1.807) is 4.90 Å². The van der Waals surface area contributed by atoms with Gasteiger partial charge in [-0.05, 0) is 55.0 Å². The summed E-state index contributed by atoms with van der Waals surface area (Å²) in [5.41, 5.74) is 2.93. The van der Waals surface area contributed by atoms with Gasteiger partial charge in [-0.3, -0.25) is 24.6 Å². The Hall–Kier alpha value is -3.19. The molecule has 3 heterocycles. The van der Waals surface area contributed by atoms with Gasteiger partial charge in [-0.25, -0.2) is 0 Å². The van der Waals surface area contributed by atoms with E-state index in [4.69, 9.17) is 4.74 Å². The molecule has 7 heteroatoms. The summed E-state index contributed by atoms with van der Waals surface area (Å²) in [6.45, 7) is 2.53. The predicted molar refractivity (Wildman–Crippen MR) is 135 cm³/mol. The van der Waals surface area contributed by atoms with Crippen LogP contribution in [0.1, 0.15) is 72.3 Å². The smallest absolute Gasteiger partial charge is 0.255 e. The van der Waals surface area contributed by atoms with Crippen molar-refractivity contribution in [2.75, 3.05) is 13.1 Å². The maximum atomic E-state index is 13.0. The van der Waals surface area contributed by atoms with Crippen molar-refractivity contribution >= 4 is 17.7 Å². The van der Waals surface area contributed by atoms with Crippen LogP contribution in [0.4, 0.5) is 0 Å². The zero-order valence-corrected chi connectivity index (χ0v) is 20.5. The molecule has 1 saturated carbocycles. The van der Waals surface area contributed by atoms with Crippen LogP contribution < -0.4 is 10.1 Å². The summed E-state index contributed by atoms with van der Waals surface area (Å²) >= 11 is 0. The van der Waals surface area contributed by atoms with Gasteiger partial charge in [-0.15, -0.1) is 0 Å². The minimum absolute atomic E-state index is 0.130. The van der Waals surface area contributed by atoms with E-state index in [0.29, 0.717) is 30.5 Å². The molecule has 0 radical (unpaired) electrons. The number of hydrogen-bond acceptors (Lipinski definition) is 5. The first kappa shape index (κ1) is 23.2. The van der Waals surface area contributed by atoms with Gasteiger partial charge in [0.25, 0.3) is 5.91 Å². The fraction of sp³-hybridized carbons (Fsp3) is 0.483. The van der Waals surface area contributed by atoms with Crippen molar-refractivity contribution in [2.45, 2.75) is 75.6 Å². The Kier molecular flexibility index (Phi) is 6.25. The van der Waals surface area contributed by atoms with Gasteiger partial charge < -0.3 is 9.64 Å². The first-order valence-electron chi connectivity index (χ1n) is 13.3. The molecule has 2 saturated heterocycles. The molecule has 1 aliphatic carbocycles. The summed E-state index contributed by atoms with van der Waals surface area (Å²) in [4.78, 5) is 41.1. The summed E-state index contributed by atoms with van der Waals surface area (Å²) < 4.78 is 6.63. The Bertz CT molecular complexity index is 1160. The van der Waals surface area contributed by atoms with E-state index in [2.05, 4.69) is 40.5 Å². The second-order valence-electron chi connectivity index (χ2n) is 10.6. The van der Waals surface area contributed by atoms with Gasteiger partial charge in [0.1, 0.15) is 17.9 Å². The van der Waals surface area contributed by atoms with Crippen molar-refractivity contribution < 1.29 is 19.1 Å². The summed E-state index contributed by atoms with van der Waals surface area (Å²) in [5, 5.41) is 2.36. The third kappa shape index (κ3) is 4.41. The lowest BCUT2D eigenvalue weighted by molar-refractivity contribution is -0.136. The molecule has 0 spiro atoms. The average molecular weight is 488 g/mol. The molecular weight excluding hydrogens is 454 g/mol. The van der Waals surface area contributed by atoms with Crippen molar-refractivity contribution in [3.05, 3.63) is 65.2 Å². The molecule has 4 aliphatic rings. The zero-order valence-electron chi connectivity index (χ0n) is 20.5. The Labute approximate surface area is 211 Å². The minimum Gasteiger partial charge on any atom is -0.489 e. The van der Waals surface area contributed by atoms with Crippen molar-refractivity contribution in [3.8, 4) is 5.75 Å². The largest absolute Gasteiger partial charge is 0.489 e. The van der Waals surface area contributed by atoms with Crippen LogP contribution in [0.3, 0.4) is 0 Å². The fourth-order valence-corrected chi connectivity index (χ4v) is 6.33. The van der Waals surface area contributed by atoms with Crippen LogP contribution >= 0.6 is 0 Å². The number of imide groups is 1. The molecule has 2 aromatic carbocycles. The zero-order chi connectivity index (χ0) is 24.6. The number of piperidine rings is 1. The number of hydrogen-bond donors (Lipinski definition) is 1. The fourth-order valence-electron chi connectivity index (χ4n) is 6.33. The summed E-state index contributed by atoms with van der Waals surface area (Å²) in [5.74, 6) is 0.592. The minimum atomic E-state index is -0.595. The molecule has 36 heavy (non-hydrogen) atoms. The molecule has 0 bridgehead atoms. The highest BCUT2D eigenvalue weighted by atomic mass is 16.5. The van der Waals surface area contributed by atoms with Crippen molar-refractivity contribution in [2.24, 2.45) is 0 Å². The van der Waals surface area contributed by atoms with Crippen LogP contribution in [0.15, 0.2) is 48.5 Å². The van der Waals surface area contributed by atoms with Crippen molar-refractivity contribution in [1.29, 1.82) is 0 Å². The van der Waals surface area contributed by atoms with E-state index >= 15 is 0 Å². The number of likely N-dealkylation sites (tertiary alicyclic amines) is 1. The SMILES string of the molecule is O=C1CCC(N2Cc3cc(O[C@H]4CCCCC[C@H]4N4CC(c5ccccc5)C4)ccc3C2=O)C(=O)N1. The number of amides is 3. The Morgan fingerprint density at radius 2 is 1.69 bits per heavy atom. The molecular formula is C29H33N3O4. The Morgan fingerprint density at radius 3 is 2.50 bits per heavy atom. The quantitative estimate of drug-likeness (QED) is 0.515. The van der Waals surface area contributed by atoms with E-state index < -0.39 is 6.04 Å². The summed E-state index contributed by atoms with van der Waals surface area (Å²) in [6, 6.07) is 16.3. The van der Waals surface area contributed by atoms with E-state index in [9.17, 15) is 14.4 Å². The van der Waals surface area contributed by atoms with Crippen LogP contribution in [0.5, 0.6) is 5.75 Å². The van der Waals surface area contributed by atoms with E-state index in [1.165, 1.54) is 24.8 Å². The van der Waals surface area contributed by atoms with Gasteiger partial charge >= 0.3 is 0 Å². The summed E-state index contributed by atoms with van der Waals surface area (Å²) in [7, 11) is 0. The number of carbonyl (C=O) groups is 3. The van der Waals surface area contributed by atoms with Crippen molar-refractivity contribution in [1.82, 2.24) is 15.1 Å². The van der Waals surface area contributed by atoms with Crippen molar-refractivity contribution in [3.63, 3.8) is 0 Å². The lowest BCUT2D eigenvalue weighted by Crippen LogP contribution is -2.55. The van der Waals surface area contributed by atoms with E-state index in [0.717, 1.165) is 37.2 Å². The summed E-state index contributed by atoms with van der Waals surface area (Å²) in [6.07, 6.45) is 6.60. The van der Waals surface area contributed by atoms with Gasteiger partial charge in [0.2, 0.25) is 11.8 Å². The number of carbonyl (C=O) groups excluding carboxylic acids is 3. The van der Waals surface area contributed by atoms with Gasteiger partial charge in [-0.2, -0.15) is 0 Å². The monoisotopic (exact) mass is 487 g/mol. The standard InChI is InChI=1S/C29H33N3O4/c33-27-14-13-25(28(34)30-27)32-18-20-15-22(11-12-23(20)29(32)35)36-26-10-6-2-5-9-24(26)31-16-21(17-31)19-7-3-1-4-8-19/h1,3-4,7-8,11-12,15,21,24-26H,2,5-6,9-10,13-14,16-18H2,(H,30,33,34)/t24-,25?,26+/m1/s1. The lowest BCUT2D eigenvalue weighted by Gasteiger charge is -2.46. The molecule has 3 amide bonds. The molecule has 3 atom stereocenters. The molecule has 1 N–H and O–H groups in total. The van der Waals surface area contributed by atoms with Crippen LogP contribution in [0.2, 0.25) is 0 Å². The number of benzene rings is 2. The number of ether oxygens (including phenoxy) is 1. The third-order valence-electron chi connectivity index (χ3n) is 8.35. The van der Waals surface area contributed by atoms with E-state index in [1.807, 2.05) is 18.2 Å².